The summed E-state index contributed by atoms with van der Waals surface area (Å²) < 4.78 is 0. The van der Waals surface area contributed by atoms with E-state index in [1.807, 2.05) is 30.3 Å². The summed E-state index contributed by atoms with van der Waals surface area (Å²) in [6.45, 7) is 0.579. The zero-order chi connectivity index (χ0) is 19.9. The van der Waals surface area contributed by atoms with Crippen LogP contribution < -0.4 is 16.0 Å². The first kappa shape index (κ1) is 20.5. The van der Waals surface area contributed by atoms with E-state index in [1.165, 1.54) is 11.6 Å². The number of amides is 1. The van der Waals surface area contributed by atoms with Crippen molar-refractivity contribution in [2.24, 2.45) is 5.92 Å². The molecule has 6 nitrogen and oxygen atoms in total. The van der Waals surface area contributed by atoms with Gasteiger partial charge in [-0.05, 0) is 37.0 Å². The number of hydrogen-bond donors (Lipinski definition) is 5. The molecule has 2 aromatic carbocycles. The Morgan fingerprint density at radius 3 is 2.61 bits per heavy atom. The molecule has 7 heteroatoms. The summed E-state index contributed by atoms with van der Waals surface area (Å²) in [6.07, 6.45) is 3.60. The molecule has 0 saturated heterocycles. The SMILES string of the molecule is O=C(Nc1cc(NC(O)NCCc2ccccc2)cc(Cl)c1O)C1CCCC1. The molecule has 0 heterocycles. The number of carbonyl (C=O) groups excluding carboxylic acids is 1. The predicted molar refractivity (Wildman–Crippen MR) is 111 cm³/mol. The molecule has 0 spiro atoms. The largest absolute Gasteiger partial charge is 0.504 e. The molecule has 1 amide bonds. The van der Waals surface area contributed by atoms with Gasteiger partial charge in [-0.15, -0.1) is 0 Å². The monoisotopic (exact) mass is 403 g/mol. The molecule has 0 aromatic heterocycles. The summed E-state index contributed by atoms with van der Waals surface area (Å²) in [5, 5.41) is 29.0. The van der Waals surface area contributed by atoms with Gasteiger partial charge in [-0.3, -0.25) is 10.1 Å². The maximum absolute atomic E-state index is 12.3. The van der Waals surface area contributed by atoms with Crippen molar-refractivity contribution < 1.29 is 15.0 Å². The third kappa shape index (κ3) is 5.61. The molecular weight excluding hydrogens is 378 g/mol. The maximum Gasteiger partial charge on any atom is 0.227 e. The van der Waals surface area contributed by atoms with Gasteiger partial charge in [-0.25, -0.2) is 0 Å². The number of aliphatic hydroxyl groups is 1. The third-order valence-corrected chi connectivity index (χ3v) is 5.23. The molecule has 1 unspecified atom stereocenters. The van der Waals surface area contributed by atoms with Crippen LogP contribution in [0, 0.1) is 5.92 Å². The van der Waals surface area contributed by atoms with Crippen LogP contribution in [0.25, 0.3) is 0 Å². The van der Waals surface area contributed by atoms with Crippen LogP contribution >= 0.6 is 11.6 Å². The fraction of sp³-hybridized carbons (Fsp3) is 0.381. The van der Waals surface area contributed by atoms with Gasteiger partial charge in [0.2, 0.25) is 5.91 Å². The topological polar surface area (TPSA) is 93.6 Å². The van der Waals surface area contributed by atoms with Crippen LogP contribution in [0.5, 0.6) is 5.75 Å². The average Bonchev–Trinajstić information content (AvgIpc) is 3.21. The van der Waals surface area contributed by atoms with Crippen molar-refractivity contribution in [3.8, 4) is 5.75 Å². The van der Waals surface area contributed by atoms with Crippen LogP contribution in [-0.2, 0) is 11.2 Å². The van der Waals surface area contributed by atoms with Gasteiger partial charge in [0.05, 0.1) is 10.7 Å². The van der Waals surface area contributed by atoms with Crippen molar-refractivity contribution in [1.82, 2.24) is 5.32 Å². The lowest BCUT2D eigenvalue weighted by Crippen LogP contribution is -2.37. The van der Waals surface area contributed by atoms with Gasteiger partial charge < -0.3 is 20.8 Å². The first-order valence-corrected chi connectivity index (χ1v) is 9.96. The number of nitrogens with one attached hydrogen (secondary N) is 3. The lowest BCUT2D eigenvalue weighted by Gasteiger charge is -2.18. The summed E-state index contributed by atoms with van der Waals surface area (Å²) in [5.41, 5.74) is 1.90. The van der Waals surface area contributed by atoms with Crippen molar-refractivity contribution in [2.75, 3.05) is 17.2 Å². The van der Waals surface area contributed by atoms with Gasteiger partial charge in [0.15, 0.2) is 12.1 Å². The first-order valence-electron chi connectivity index (χ1n) is 9.58. The van der Waals surface area contributed by atoms with Gasteiger partial charge in [-0.2, -0.15) is 0 Å². The zero-order valence-corrected chi connectivity index (χ0v) is 16.4. The highest BCUT2D eigenvalue weighted by atomic mass is 35.5. The number of aliphatic hydroxyl groups excluding tert-OH is 1. The summed E-state index contributed by atoms with van der Waals surface area (Å²) in [7, 11) is 0. The highest BCUT2D eigenvalue weighted by molar-refractivity contribution is 6.33. The minimum absolute atomic E-state index is 0.0277. The van der Waals surface area contributed by atoms with Crippen molar-refractivity contribution in [3.63, 3.8) is 0 Å². The number of aromatic hydroxyl groups is 1. The van der Waals surface area contributed by atoms with E-state index in [4.69, 9.17) is 11.6 Å². The second-order valence-corrected chi connectivity index (χ2v) is 7.47. The van der Waals surface area contributed by atoms with Gasteiger partial charge in [0.25, 0.3) is 0 Å². The number of anilines is 2. The fourth-order valence-corrected chi connectivity index (χ4v) is 3.63. The molecular formula is C21H26ClN3O3. The number of rotatable bonds is 8. The molecule has 0 bridgehead atoms. The number of halogens is 1. The lowest BCUT2D eigenvalue weighted by molar-refractivity contribution is -0.119. The van der Waals surface area contributed by atoms with Crippen molar-refractivity contribution in [1.29, 1.82) is 0 Å². The average molecular weight is 404 g/mol. The Hall–Kier alpha value is -2.28. The first-order chi connectivity index (χ1) is 13.5. The van der Waals surface area contributed by atoms with Crippen LogP contribution in [-0.4, -0.2) is 29.0 Å². The van der Waals surface area contributed by atoms with E-state index in [0.717, 1.165) is 32.1 Å². The van der Waals surface area contributed by atoms with E-state index < -0.39 is 6.35 Å². The maximum atomic E-state index is 12.3. The Kier molecular flexibility index (Phi) is 7.14. The summed E-state index contributed by atoms with van der Waals surface area (Å²) >= 11 is 6.09. The Bertz CT molecular complexity index is 795. The summed E-state index contributed by atoms with van der Waals surface area (Å²) in [4.78, 5) is 12.3. The Morgan fingerprint density at radius 1 is 1.18 bits per heavy atom. The van der Waals surface area contributed by atoms with Crippen LogP contribution in [0.15, 0.2) is 42.5 Å². The van der Waals surface area contributed by atoms with Gasteiger partial charge in [0, 0.05) is 18.2 Å². The molecule has 150 valence electrons. The number of carbonyl (C=O) groups is 1. The Labute approximate surface area is 169 Å². The molecule has 1 atom stereocenters. The molecule has 28 heavy (non-hydrogen) atoms. The summed E-state index contributed by atoms with van der Waals surface area (Å²) in [6, 6.07) is 13.0. The van der Waals surface area contributed by atoms with Crippen LogP contribution in [0.3, 0.4) is 0 Å². The summed E-state index contributed by atoms with van der Waals surface area (Å²) in [5.74, 6) is -0.312. The van der Waals surface area contributed by atoms with E-state index in [-0.39, 0.29) is 28.3 Å². The van der Waals surface area contributed by atoms with Crippen LogP contribution in [0.1, 0.15) is 31.2 Å². The molecule has 0 radical (unpaired) electrons. The molecule has 0 aliphatic heterocycles. The van der Waals surface area contributed by atoms with E-state index in [0.29, 0.717) is 12.2 Å². The predicted octanol–water partition coefficient (Wildman–Crippen LogP) is 3.69. The molecule has 1 saturated carbocycles. The standard InChI is InChI=1S/C21H26ClN3O3/c22-17-12-16(24-21(28)23-11-10-14-6-2-1-3-7-14)13-18(19(17)26)25-20(27)15-8-4-5-9-15/h1-3,6-7,12-13,15,21,23-24,26,28H,4-5,8-11H2,(H,25,27). The van der Waals surface area contributed by atoms with Gasteiger partial charge in [-0.1, -0.05) is 54.8 Å². The molecule has 3 rings (SSSR count). The Morgan fingerprint density at radius 2 is 1.89 bits per heavy atom. The van der Waals surface area contributed by atoms with E-state index >= 15 is 0 Å². The van der Waals surface area contributed by atoms with E-state index in [9.17, 15) is 15.0 Å². The number of hydrogen-bond acceptors (Lipinski definition) is 5. The lowest BCUT2D eigenvalue weighted by atomic mass is 10.1. The minimum Gasteiger partial charge on any atom is -0.504 e. The molecule has 5 N–H and O–H groups in total. The fourth-order valence-electron chi connectivity index (χ4n) is 3.41. The second kappa shape index (κ2) is 9.78. The van der Waals surface area contributed by atoms with Crippen molar-refractivity contribution in [3.05, 3.63) is 53.1 Å². The normalized spacial score (nSPS) is 15.4. The second-order valence-electron chi connectivity index (χ2n) is 7.06. The number of phenolic OH excluding ortho intramolecular Hbond substituents is 1. The third-order valence-electron chi connectivity index (χ3n) is 4.94. The minimum atomic E-state index is -0.997. The highest BCUT2D eigenvalue weighted by Crippen LogP contribution is 2.36. The van der Waals surface area contributed by atoms with Crippen LogP contribution in [0.2, 0.25) is 5.02 Å². The van der Waals surface area contributed by atoms with E-state index in [2.05, 4.69) is 16.0 Å². The quantitative estimate of drug-likeness (QED) is 0.263. The number of phenols is 1. The Balaban J connectivity index is 1.56. The van der Waals surface area contributed by atoms with Crippen molar-refractivity contribution >= 4 is 28.9 Å². The molecule has 2 aromatic rings. The smallest absolute Gasteiger partial charge is 0.227 e. The van der Waals surface area contributed by atoms with Gasteiger partial charge >= 0.3 is 0 Å². The molecule has 1 aliphatic rings. The molecule has 1 aliphatic carbocycles. The number of benzene rings is 2. The van der Waals surface area contributed by atoms with Crippen molar-refractivity contribution in [2.45, 2.75) is 38.5 Å². The van der Waals surface area contributed by atoms with Gasteiger partial charge in [0.1, 0.15) is 0 Å². The molecule has 1 fully saturated rings. The van der Waals surface area contributed by atoms with E-state index in [1.54, 1.807) is 6.07 Å². The highest BCUT2D eigenvalue weighted by Gasteiger charge is 2.24. The zero-order valence-electron chi connectivity index (χ0n) is 15.6. The van der Waals surface area contributed by atoms with Crippen LogP contribution in [0.4, 0.5) is 11.4 Å².